The predicted molar refractivity (Wildman–Crippen MR) is 152 cm³/mol. The van der Waals surface area contributed by atoms with Crippen LogP contribution < -0.4 is 0 Å². The van der Waals surface area contributed by atoms with Gasteiger partial charge >= 0.3 is 11.9 Å². The minimum atomic E-state index is -4.25. The third-order valence-corrected chi connectivity index (χ3v) is 12.2. The molecule has 1 N–H and O–H groups in total. The van der Waals surface area contributed by atoms with Crippen LogP contribution in [0.15, 0.2) is 0 Å². The SMILES string of the molecule is CC(CS(=O)(=O)O)OC(=O)CCCOC(=O)CC[C@@H](C)[C@H]1CC[C@H]2[C@@H]3C(=O)C[C@@H]4CC(=O)CC[C@]4(C)[C@H]3CC(=O)[C@]12C. The molecule has 4 aliphatic rings. The Hall–Kier alpha value is -2.14. The maximum atomic E-state index is 13.9. The molecule has 0 aromatic heterocycles. The smallest absolute Gasteiger partial charge is 0.306 e. The molecule has 4 fully saturated rings. The summed E-state index contributed by atoms with van der Waals surface area (Å²) >= 11 is 0. The molecule has 42 heavy (non-hydrogen) atoms. The molecule has 1 unspecified atom stereocenters. The number of ether oxygens (including phenoxy) is 2. The van der Waals surface area contributed by atoms with Crippen molar-refractivity contribution < 1.29 is 46.4 Å². The standard InChI is InChI=1S/C31H46O10S/c1-18(7-10-27(35)40-13-5-6-28(36)41-19(2)17-42(37,38)39)22-8-9-23-29-24(16-26(34)31(22,23)4)30(3)12-11-21(32)14-20(30)15-25(29)33/h18-20,22-24,29H,5-17H2,1-4H3,(H,37,38,39)/t18-,19?,20+,22-,23+,24+,29+,30+,31-/m1/s1. The van der Waals surface area contributed by atoms with Gasteiger partial charge in [-0.3, -0.25) is 28.5 Å². The highest BCUT2D eigenvalue weighted by molar-refractivity contribution is 7.85. The molecule has 0 aromatic rings. The fourth-order valence-corrected chi connectivity index (χ4v) is 9.69. The van der Waals surface area contributed by atoms with Crippen LogP contribution in [0.2, 0.25) is 0 Å². The van der Waals surface area contributed by atoms with Crippen LogP contribution >= 0.6 is 0 Å². The first kappa shape index (κ1) is 32.8. The molecular formula is C31H46O10S. The fourth-order valence-electron chi connectivity index (χ4n) is 9.03. The maximum Gasteiger partial charge on any atom is 0.306 e. The van der Waals surface area contributed by atoms with Gasteiger partial charge in [-0.25, -0.2) is 0 Å². The van der Waals surface area contributed by atoms with Gasteiger partial charge in [0.25, 0.3) is 10.1 Å². The lowest BCUT2D eigenvalue weighted by atomic mass is 9.44. The number of Topliss-reactive ketones (excluding diaryl/α,β-unsaturated/α-hetero) is 3. The van der Waals surface area contributed by atoms with Gasteiger partial charge < -0.3 is 9.47 Å². The molecule has 0 radical (unpaired) electrons. The van der Waals surface area contributed by atoms with E-state index in [2.05, 4.69) is 13.8 Å². The molecule has 0 aliphatic heterocycles. The minimum absolute atomic E-state index is 0.00557. The molecule has 4 rings (SSSR count). The van der Waals surface area contributed by atoms with Crippen molar-refractivity contribution in [3.8, 4) is 0 Å². The van der Waals surface area contributed by atoms with Crippen LogP contribution in [-0.2, 0) is 43.6 Å². The van der Waals surface area contributed by atoms with Gasteiger partial charge in [0.1, 0.15) is 29.2 Å². The van der Waals surface area contributed by atoms with E-state index in [1.54, 1.807) is 0 Å². The summed E-state index contributed by atoms with van der Waals surface area (Å²) in [5, 5.41) is 0. The lowest BCUT2D eigenvalue weighted by Crippen LogP contribution is -2.60. The Morgan fingerprint density at radius 3 is 2.40 bits per heavy atom. The molecule has 0 heterocycles. The van der Waals surface area contributed by atoms with E-state index in [1.807, 2.05) is 6.92 Å². The highest BCUT2D eigenvalue weighted by Crippen LogP contribution is 2.66. The van der Waals surface area contributed by atoms with Crippen LogP contribution in [0.25, 0.3) is 0 Å². The van der Waals surface area contributed by atoms with Crippen molar-refractivity contribution in [2.45, 2.75) is 104 Å². The Morgan fingerprint density at radius 1 is 1.00 bits per heavy atom. The summed E-state index contributed by atoms with van der Waals surface area (Å²) in [4.78, 5) is 63.9. The number of ketones is 3. The molecule has 236 valence electrons. The van der Waals surface area contributed by atoms with Crippen molar-refractivity contribution in [1.82, 2.24) is 0 Å². The van der Waals surface area contributed by atoms with Crippen LogP contribution in [0.1, 0.15) is 98.3 Å². The predicted octanol–water partition coefficient (Wildman–Crippen LogP) is 4.13. The lowest BCUT2D eigenvalue weighted by Gasteiger charge is -2.58. The molecule has 0 aromatic carbocycles. The van der Waals surface area contributed by atoms with Gasteiger partial charge in [0.2, 0.25) is 0 Å². The summed E-state index contributed by atoms with van der Waals surface area (Å²) in [6.07, 6.45) is 4.19. The third kappa shape index (κ3) is 6.66. The summed E-state index contributed by atoms with van der Waals surface area (Å²) < 4.78 is 40.7. The number of hydrogen-bond acceptors (Lipinski definition) is 9. The topological polar surface area (TPSA) is 158 Å². The fraction of sp³-hybridized carbons (Fsp3) is 0.839. The normalized spacial score (nSPS) is 35.9. The summed E-state index contributed by atoms with van der Waals surface area (Å²) in [5.41, 5.74) is -0.743. The molecule has 9 atom stereocenters. The minimum Gasteiger partial charge on any atom is -0.466 e. The van der Waals surface area contributed by atoms with Crippen LogP contribution in [0, 0.1) is 46.3 Å². The second-order valence-electron chi connectivity index (χ2n) is 13.8. The van der Waals surface area contributed by atoms with E-state index in [4.69, 9.17) is 14.0 Å². The Labute approximate surface area is 248 Å². The van der Waals surface area contributed by atoms with E-state index >= 15 is 0 Å². The number of carbonyl (C=O) groups is 5. The average molecular weight is 611 g/mol. The van der Waals surface area contributed by atoms with Crippen LogP contribution in [0.4, 0.5) is 0 Å². The first-order valence-corrected chi connectivity index (χ1v) is 17.0. The van der Waals surface area contributed by atoms with E-state index < -0.39 is 39.3 Å². The summed E-state index contributed by atoms with van der Waals surface area (Å²) in [6.45, 7) is 7.71. The molecule has 0 bridgehead atoms. The van der Waals surface area contributed by atoms with Crippen LogP contribution in [0.3, 0.4) is 0 Å². The summed E-state index contributed by atoms with van der Waals surface area (Å²) in [5.74, 6) is -0.928. The second kappa shape index (κ2) is 12.5. The molecule has 0 spiro atoms. The van der Waals surface area contributed by atoms with Gasteiger partial charge in [0.15, 0.2) is 0 Å². The highest BCUT2D eigenvalue weighted by atomic mass is 32.2. The Morgan fingerprint density at radius 2 is 1.71 bits per heavy atom. The first-order valence-electron chi connectivity index (χ1n) is 15.4. The quantitative estimate of drug-likeness (QED) is 0.205. The van der Waals surface area contributed by atoms with E-state index in [9.17, 15) is 32.4 Å². The number of hydrogen-bond donors (Lipinski definition) is 1. The Balaban J connectivity index is 1.27. The van der Waals surface area contributed by atoms with E-state index in [1.165, 1.54) is 6.92 Å². The van der Waals surface area contributed by atoms with Crippen LogP contribution in [0.5, 0.6) is 0 Å². The van der Waals surface area contributed by atoms with Gasteiger partial charge in [-0.1, -0.05) is 20.8 Å². The Kier molecular flexibility index (Phi) is 9.72. The number of esters is 2. The molecule has 0 amide bonds. The maximum absolute atomic E-state index is 13.9. The van der Waals surface area contributed by atoms with Gasteiger partial charge in [-0.05, 0) is 74.0 Å². The number of fused-ring (bicyclic) bond motifs is 5. The van der Waals surface area contributed by atoms with Crippen molar-refractivity contribution in [2.24, 2.45) is 46.3 Å². The Bertz CT molecular complexity index is 1210. The van der Waals surface area contributed by atoms with Gasteiger partial charge in [-0.15, -0.1) is 0 Å². The summed E-state index contributed by atoms with van der Waals surface area (Å²) in [6, 6.07) is 0. The monoisotopic (exact) mass is 610 g/mol. The van der Waals surface area contributed by atoms with Gasteiger partial charge in [0.05, 0.1) is 6.61 Å². The zero-order valence-corrected chi connectivity index (χ0v) is 26.1. The van der Waals surface area contributed by atoms with E-state index in [0.717, 1.165) is 19.3 Å². The largest absolute Gasteiger partial charge is 0.466 e. The number of carbonyl (C=O) groups excluding carboxylic acids is 5. The molecule has 4 aliphatic carbocycles. The van der Waals surface area contributed by atoms with E-state index in [-0.39, 0.29) is 84.1 Å². The van der Waals surface area contributed by atoms with Gasteiger partial charge in [-0.2, -0.15) is 8.42 Å². The molecule has 10 nitrogen and oxygen atoms in total. The third-order valence-electron chi connectivity index (χ3n) is 11.3. The van der Waals surface area contributed by atoms with Crippen molar-refractivity contribution in [3.05, 3.63) is 0 Å². The average Bonchev–Trinajstić information content (AvgIpc) is 3.24. The molecule has 4 saturated carbocycles. The highest BCUT2D eigenvalue weighted by Gasteiger charge is 2.66. The van der Waals surface area contributed by atoms with Crippen molar-refractivity contribution >= 4 is 39.4 Å². The van der Waals surface area contributed by atoms with Gasteiger partial charge in [0, 0.05) is 49.9 Å². The lowest BCUT2D eigenvalue weighted by molar-refractivity contribution is -0.166. The zero-order chi connectivity index (χ0) is 31.0. The van der Waals surface area contributed by atoms with E-state index in [0.29, 0.717) is 32.1 Å². The van der Waals surface area contributed by atoms with Crippen molar-refractivity contribution in [3.63, 3.8) is 0 Å². The molecule has 0 saturated heterocycles. The summed E-state index contributed by atoms with van der Waals surface area (Å²) in [7, 11) is -4.25. The molecular weight excluding hydrogens is 564 g/mol. The number of rotatable bonds is 11. The van der Waals surface area contributed by atoms with Crippen LogP contribution in [-0.4, -0.2) is 60.7 Å². The zero-order valence-electron chi connectivity index (χ0n) is 25.3. The second-order valence-corrected chi connectivity index (χ2v) is 15.3. The first-order chi connectivity index (χ1) is 19.6. The van der Waals surface area contributed by atoms with Crippen molar-refractivity contribution in [2.75, 3.05) is 12.4 Å². The molecule has 11 heteroatoms. The van der Waals surface area contributed by atoms with Crippen molar-refractivity contribution in [1.29, 1.82) is 0 Å².